The fourth-order valence-electron chi connectivity index (χ4n) is 3.39. The van der Waals surface area contributed by atoms with Crippen LogP contribution in [-0.4, -0.2) is 109 Å². The molecule has 3 amide bonds. The zero-order chi connectivity index (χ0) is 23.9. The third-order valence-electron chi connectivity index (χ3n) is 4.86. The number of hydrogen-bond acceptors (Lipinski definition) is 9. The summed E-state index contributed by atoms with van der Waals surface area (Å²) in [5.74, 6) is -2.07. The summed E-state index contributed by atoms with van der Waals surface area (Å²) in [5.41, 5.74) is -0.630. The Bertz CT molecular complexity index is 755. The molecule has 2 rings (SSSR count). The molecule has 0 radical (unpaired) electrons. The molecule has 2 heterocycles. The van der Waals surface area contributed by atoms with Crippen LogP contribution < -0.4 is 0 Å². The van der Waals surface area contributed by atoms with E-state index in [1.54, 1.807) is 25.7 Å². The van der Waals surface area contributed by atoms with Gasteiger partial charge in [-0.2, -0.15) is 0 Å². The van der Waals surface area contributed by atoms with Crippen molar-refractivity contribution < 1.29 is 38.2 Å². The molecule has 0 aliphatic carbocycles. The first-order valence-electron chi connectivity index (χ1n) is 10.4. The molecule has 0 bridgehead atoms. The van der Waals surface area contributed by atoms with Crippen molar-refractivity contribution in [3.05, 3.63) is 12.2 Å². The fraction of sp³-hybridized carbons (Fsp3) is 0.667. The summed E-state index contributed by atoms with van der Waals surface area (Å²) in [6, 6.07) is -0.419. The molecule has 1 saturated heterocycles. The summed E-state index contributed by atoms with van der Waals surface area (Å²) in [6.45, 7) is 6.04. The monoisotopic (exact) mass is 453 g/mol. The van der Waals surface area contributed by atoms with E-state index in [4.69, 9.17) is 14.2 Å². The molecule has 32 heavy (non-hydrogen) atoms. The van der Waals surface area contributed by atoms with Gasteiger partial charge in [-0.05, 0) is 20.8 Å². The molecule has 0 aromatic carbocycles. The van der Waals surface area contributed by atoms with Crippen LogP contribution in [0.4, 0.5) is 0 Å². The summed E-state index contributed by atoms with van der Waals surface area (Å²) >= 11 is 0. The van der Waals surface area contributed by atoms with E-state index in [0.29, 0.717) is 13.1 Å². The number of piperazine rings is 1. The number of imide groups is 1. The quantitative estimate of drug-likeness (QED) is 0.331. The van der Waals surface area contributed by atoms with Crippen molar-refractivity contribution in [2.75, 3.05) is 53.0 Å². The number of esters is 2. The molecule has 2 aliphatic heterocycles. The molecule has 0 aromatic heterocycles. The van der Waals surface area contributed by atoms with E-state index in [0.717, 1.165) is 4.90 Å². The first-order chi connectivity index (χ1) is 15.0. The highest BCUT2D eigenvalue weighted by Gasteiger charge is 2.33. The van der Waals surface area contributed by atoms with Gasteiger partial charge in [0.2, 0.25) is 5.91 Å². The van der Waals surface area contributed by atoms with Gasteiger partial charge in [0.15, 0.2) is 0 Å². The molecule has 178 valence electrons. The van der Waals surface area contributed by atoms with Gasteiger partial charge in [-0.3, -0.25) is 29.0 Å². The first-order valence-corrected chi connectivity index (χ1v) is 10.4. The highest BCUT2D eigenvalue weighted by molar-refractivity contribution is 6.13. The van der Waals surface area contributed by atoms with Crippen LogP contribution in [0.25, 0.3) is 0 Å². The van der Waals surface area contributed by atoms with Crippen LogP contribution in [0.3, 0.4) is 0 Å². The normalized spacial score (nSPS) is 19.4. The summed E-state index contributed by atoms with van der Waals surface area (Å²) in [7, 11) is 1.38. The number of methoxy groups -OCH3 is 1. The van der Waals surface area contributed by atoms with Gasteiger partial charge in [0, 0.05) is 51.9 Å². The predicted molar refractivity (Wildman–Crippen MR) is 111 cm³/mol. The smallest absolute Gasteiger partial charge is 0.332 e. The molecular weight excluding hydrogens is 422 g/mol. The molecule has 0 N–H and O–H groups in total. The van der Waals surface area contributed by atoms with Gasteiger partial charge in [-0.25, -0.2) is 4.79 Å². The van der Waals surface area contributed by atoms with Gasteiger partial charge in [-0.15, -0.1) is 0 Å². The van der Waals surface area contributed by atoms with Crippen LogP contribution >= 0.6 is 0 Å². The van der Waals surface area contributed by atoms with E-state index >= 15 is 0 Å². The minimum absolute atomic E-state index is 0.00485. The van der Waals surface area contributed by atoms with Crippen LogP contribution in [0, 0.1) is 0 Å². The van der Waals surface area contributed by atoms with E-state index in [1.165, 1.54) is 19.3 Å². The molecule has 0 saturated carbocycles. The van der Waals surface area contributed by atoms with Crippen LogP contribution in [-0.2, 0) is 38.2 Å². The summed E-state index contributed by atoms with van der Waals surface area (Å²) < 4.78 is 15.4. The second kappa shape index (κ2) is 11.2. The standard InChI is InChI=1S/C21H31N3O8/c1-21(2,3)32-19(28)12-22-9-10-23(11-15(22)13-31-20(29)14-30-4)16(25)7-8-24-17(26)5-6-18(24)27/h5-6,15H,7-14H2,1-4H3. The Labute approximate surface area is 187 Å². The lowest BCUT2D eigenvalue weighted by Gasteiger charge is -2.41. The third kappa shape index (κ3) is 7.72. The molecular formula is C21H31N3O8. The molecule has 11 nitrogen and oxygen atoms in total. The second-order valence-electron chi connectivity index (χ2n) is 8.58. The zero-order valence-electron chi connectivity index (χ0n) is 19.0. The maximum atomic E-state index is 12.7. The zero-order valence-corrected chi connectivity index (χ0v) is 19.0. The van der Waals surface area contributed by atoms with Crippen LogP contribution in [0.2, 0.25) is 0 Å². The van der Waals surface area contributed by atoms with Crippen molar-refractivity contribution in [1.82, 2.24) is 14.7 Å². The van der Waals surface area contributed by atoms with Crippen molar-refractivity contribution >= 4 is 29.7 Å². The lowest BCUT2D eigenvalue weighted by Crippen LogP contribution is -2.58. The molecule has 1 unspecified atom stereocenters. The number of amides is 3. The second-order valence-corrected chi connectivity index (χ2v) is 8.58. The fourth-order valence-corrected chi connectivity index (χ4v) is 3.39. The van der Waals surface area contributed by atoms with Gasteiger partial charge >= 0.3 is 11.9 Å². The molecule has 2 aliphatic rings. The molecule has 0 aromatic rings. The Morgan fingerprint density at radius 2 is 1.72 bits per heavy atom. The van der Waals surface area contributed by atoms with E-state index in [2.05, 4.69) is 0 Å². The minimum atomic E-state index is -0.630. The lowest BCUT2D eigenvalue weighted by atomic mass is 10.1. The van der Waals surface area contributed by atoms with Crippen molar-refractivity contribution in [2.24, 2.45) is 0 Å². The van der Waals surface area contributed by atoms with Crippen molar-refractivity contribution in [3.8, 4) is 0 Å². The highest BCUT2D eigenvalue weighted by atomic mass is 16.6. The highest BCUT2D eigenvalue weighted by Crippen LogP contribution is 2.15. The van der Waals surface area contributed by atoms with E-state index < -0.39 is 35.4 Å². The maximum absolute atomic E-state index is 12.7. The van der Waals surface area contributed by atoms with E-state index in [-0.39, 0.29) is 45.2 Å². The van der Waals surface area contributed by atoms with Crippen molar-refractivity contribution in [1.29, 1.82) is 0 Å². The number of ether oxygens (including phenoxy) is 3. The largest absolute Gasteiger partial charge is 0.462 e. The summed E-state index contributed by atoms with van der Waals surface area (Å²) in [4.78, 5) is 64.4. The van der Waals surface area contributed by atoms with Crippen molar-refractivity contribution in [3.63, 3.8) is 0 Å². The van der Waals surface area contributed by atoms with Crippen LogP contribution in [0.1, 0.15) is 27.2 Å². The third-order valence-corrected chi connectivity index (χ3v) is 4.86. The summed E-state index contributed by atoms with van der Waals surface area (Å²) in [6.07, 6.45) is 2.33. The molecule has 11 heteroatoms. The summed E-state index contributed by atoms with van der Waals surface area (Å²) in [5, 5.41) is 0. The van der Waals surface area contributed by atoms with E-state index in [1.807, 2.05) is 4.90 Å². The predicted octanol–water partition coefficient (Wildman–Crippen LogP) is -0.654. The number of carbonyl (C=O) groups excluding carboxylic acids is 5. The van der Waals surface area contributed by atoms with Gasteiger partial charge in [0.1, 0.15) is 18.8 Å². The SMILES string of the molecule is COCC(=O)OCC1CN(C(=O)CCN2C(=O)C=CC2=O)CCN1CC(=O)OC(C)(C)C. The van der Waals surface area contributed by atoms with Crippen LogP contribution in [0.15, 0.2) is 12.2 Å². The number of carbonyl (C=O) groups is 5. The molecule has 1 atom stereocenters. The average Bonchev–Trinajstić information content (AvgIpc) is 3.01. The Kier molecular flexibility index (Phi) is 8.90. The Morgan fingerprint density at radius 3 is 2.31 bits per heavy atom. The van der Waals surface area contributed by atoms with Gasteiger partial charge in [-0.1, -0.05) is 0 Å². The van der Waals surface area contributed by atoms with Crippen molar-refractivity contribution in [2.45, 2.75) is 38.8 Å². The Balaban J connectivity index is 1.96. The van der Waals surface area contributed by atoms with Gasteiger partial charge in [0.25, 0.3) is 11.8 Å². The lowest BCUT2D eigenvalue weighted by molar-refractivity contribution is -0.159. The Hall–Kier alpha value is -2.79. The molecule has 1 fully saturated rings. The van der Waals surface area contributed by atoms with Gasteiger partial charge in [0.05, 0.1) is 12.6 Å². The van der Waals surface area contributed by atoms with E-state index in [9.17, 15) is 24.0 Å². The number of nitrogens with zero attached hydrogens (tertiary/aromatic N) is 3. The minimum Gasteiger partial charge on any atom is -0.462 e. The van der Waals surface area contributed by atoms with Gasteiger partial charge < -0.3 is 19.1 Å². The Morgan fingerprint density at radius 1 is 1.06 bits per heavy atom. The number of hydrogen-bond donors (Lipinski definition) is 0. The average molecular weight is 453 g/mol. The van der Waals surface area contributed by atoms with Crippen LogP contribution in [0.5, 0.6) is 0 Å². The maximum Gasteiger partial charge on any atom is 0.332 e. The first kappa shape index (κ1) is 25.5. The molecule has 0 spiro atoms. The topological polar surface area (TPSA) is 123 Å². The number of rotatable bonds is 9.